The minimum atomic E-state index is -0.481. The summed E-state index contributed by atoms with van der Waals surface area (Å²) in [4.78, 5) is 0. The molecule has 13 rings (SSSR count). The zero-order valence-corrected chi connectivity index (χ0v) is 43.4. The fourth-order valence-corrected chi connectivity index (χ4v) is 12.9. The van der Waals surface area contributed by atoms with Crippen LogP contribution in [0.15, 0.2) is 260 Å². The van der Waals surface area contributed by atoms with Crippen molar-refractivity contribution in [1.29, 1.82) is 0 Å². The van der Waals surface area contributed by atoms with E-state index in [1.165, 1.54) is 133 Å². The Morgan fingerprint density at radius 3 is 1.65 bits per heavy atom. The van der Waals surface area contributed by atoms with Gasteiger partial charge in [0.25, 0.3) is 0 Å². The summed E-state index contributed by atoms with van der Waals surface area (Å²) in [6, 6.07) is 91.0. The van der Waals surface area contributed by atoms with Gasteiger partial charge in [0.15, 0.2) is 0 Å². The van der Waals surface area contributed by atoms with Gasteiger partial charge in [-0.15, -0.1) is 0 Å². The lowest BCUT2D eigenvalue weighted by molar-refractivity contribution is 0.651. The molecule has 0 aliphatic heterocycles. The maximum atomic E-state index is 2.54. The van der Waals surface area contributed by atoms with E-state index in [-0.39, 0.29) is 5.41 Å². The molecular weight excluding hydrogens is 901 g/mol. The molecular formula is C75H60. The molecule has 0 saturated heterocycles. The van der Waals surface area contributed by atoms with E-state index >= 15 is 0 Å². The molecule has 0 heteroatoms. The van der Waals surface area contributed by atoms with Crippen LogP contribution in [-0.2, 0) is 17.3 Å². The predicted octanol–water partition coefficient (Wildman–Crippen LogP) is 20.0. The highest BCUT2D eigenvalue weighted by Crippen LogP contribution is 2.54. The summed E-state index contributed by atoms with van der Waals surface area (Å²) >= 11 is 0. The van der Waals surface area contributed by atoms with Crippen LogP contribution in [0.1, 0.15) is 78.1 Å². The molecule has 0 N–H and O–H groups in total. The highest BCUT2D eigenvalue weighted by molar-refractivity contribution is 6.08. The number of aryl methyl sites for hydroxylation is 1. The van der Waals surface area contributed by atoms with Gasteiger partial charge in [0, 0.05) is 10.8 Å². The van der Waals surface area contributed by atoms with E-state index in [0.29, 0.717) is 0 Å². The molecule has 0 radical (unpaired) electrons. The quantitative estimate of drug-likeness (QED) is 0.120. The van der Waals surface area contributed by atoms with Gasteiger partial charge in [-0.2, -0.15) is 0 Å². The molecule has 0 amide bonds. The molecule has 1 unspecified atom stereocenters. The second-order valence-electron chi connectivity index (χ2n) is 21.6. The van der Waals surface area contributed by atoms with Crippen LogP contribution in [0.25, 0.3) is 82.8 Å². The third kappa shape index (κ3) is 7.91. The van der Waals surface area contributed by atoms with Crippen molar-refractivity contribution in [2.24, 2.45) is 0 Å². The Bertz CT molecular complexity index is 4040. The minimum Gasteiger partial charge on any atom is -0.0795 e. The normalized spacial score (nSPS) is 14.5. The van der Waals surface area contributed by atoms with Crippen LogP contribution < -0.4 is 0 Å². The minimum absolute atomic E-state index is 0.0253. The van der Waals surface area contributed by atoms with Gasteiger partial charge in [-0.1, -0.05) is 257 Å². The van der Waals surface area contributed by atoms with Crippen molar-refractivity contribution < 1.29 is 0 Å². The zero-order chi connectivity index (χ0) is 50.7. The van der Waals surface area contributed by atoms with Crippen molar-refractivity contribution in [1.82, 2.24) is 0 Å². The first kappa shape index (κ1) is 46.2. The van der Waals surface area contributed by atoms with Crippen LogP contribution in [0.5, 0.6) is 0 Å². The smallest absolute Gasteiger partial charge is 0.0429 e. The third-order valence-corrected chi connectivity index (χ3v) is 17.0. The van der Waals surface area contributed by atoms with Crippen molar-refractivity contribution in [2.45, 2.75) is 57.8 Å². The first-order chi connectivity index (χ1) is 36.8. The number of benzene rings is 11. The van der Waals surface area contributed by atoms with Crippen LogP contribution in [-0.4, -0.2) is 0 Å². The van der Waals surface area contributed by atoms with Crippen LogP contribution in [0.3, 0.4) is 0 Å². The molecule has 0 aromatic heterocycles. The van der Waals surface area contributed by atoms with Gasteiger partial charge in [-0.25, -0.2) is 0 Å². The van der Waals surface area contributed by atoms with Crippen LogP contribution in [0.2, 0.25) is 0 Å². The van der Waals surface area contributed by atoms with Crippen molar-refractivity contribution >= 4 is 27.1 Å². The number of fused-ring (bicyclic) bond motifs is 5. The molecule has 0 nitrogen and oxygen atoms in total. The van der Waals surface area contributed by atoms with Gasteiger partial charge in [-0.3, -0.25) is 0 Å². The molecule has 1 atom stereocenters. The first-order valence-electron chi connectivity index (χ1n) is 26.9. The number of hydrogen-bond donors (Lipinski definition) is 0. The lowest BCUT2D eigenvalue weighted by Gasteiger charge is -2.34. The van der Waals surface area contributed by atoms with E-state index in [2.05, 4.69) is 283 Å². The highest BCUT2D eigenvalue weighted by atomic mass is 14.4. The molecule has 11 aromatic carbocycles. The summed E-state index contributed by atoms with van der Waals surface area (Å²) in [5.41, 5.74) is 25.4. The monoisotopic (exact) mass is 960 g/mol. The van der Waals surface area contributed by atoms with Gasteiger partial charge < -0.3 is 0 Å². The van der Waals surface area contributed by atoms with Crippen LogP contribution >= 0.6 is 0 Å². The summed E-state index contributed by atoms with van der Waals surface area (Å²) in [6.45, 7) is 9.53. The van der Waals surface area contributed by atoms with Crippen molar-refractivity contribution in [3.05, 3.63) is 305 Å². The Kier molecular flexibility index (Phi) is 11.5. The number of allylic oxidation sites excluding steroid dienone is 4. The maximum absolute atomic E-state index is 2.54. The molecule has 0 bridgehead atoms. The SMILES string of the molecule is Cc1ccc(-c2ccccc2)cc1-c1c(Cc2ccc(-c3ccc(C(C)(c4ccc(-c5ccccc5)cc4)c4ccc5c(c4)C4=CCCC=C4C5(C)C)c4ccccc34)c3ccccc23)cccc1-c1ccccc1. The van der Waals surface area contributed by atoms with Gasteiger partial charge in [-0.05, 0) is 178 Å². The highest BCUT2D eigenvalue weighted by Gasteiger charge is 2.41. The molecule has 0 spiro atoms. The standard InChI is InChI=1S/C75H60/c1-50-35-36-55(52-23-10-6-11-24-52)48-68(50)73-57(27-20-33-61(73)54-25-12-7-13-26-54)47-56-39-43-64(62-29-15-14-28-60(56)62)65-44-46-72(66-31-17-16-30-63(65)66)75(4,58-40-37-53(38-41-58)51-21-8-5-9-22-51)59-42-45-71-69(49-59)67-32-18-19-34-70(67)74(71,2)3/h5-17,20-46,48-49H,18-19,47H2,1-4H3. The topological polar surface area (TPSA) is 0 Å². The Morgan fingerprint density at radius 2 is 0.947 bits per heavy atom. The number of rotatable bonds is 10. The van der Waals surface area contributed by atoms with E-state index < -0.39 is 5.41 Å². The number of hydrogen-bond acceptors (Lipinski definition) is 0. The maximum Gasteiger partial charge on any atom is 0.0429 e. The van der Waals surface area contributed by atoms with E-state index in [4.69, 9.17) is 0 Å². The summed E-state index contributed by atoms with van der Waals surface area (Å²) in [6.07, 6.45) is 7.97. The van der Waals surface area contributed by atoms with Gasteiger partial charge in [0.2, 0.25) is 0 Å². The van der Waals surface area contributed by atoms with E-state index in [1.54, 1.807) is 0 Å². The van der Waals surface area contributed by atoms with Crippen molar-refractivity contribution in [3.63, 3.8) is 0 Å². The largest absolute Gasteiger partial charge is 0.0795 e. The lowest BCUT2D eigenvalue weighted by Crippen LogP contribution is -2.26. The van der Waals surface area contributed by atoms with E-state index in [1.807, 2.05) is 0 Å². The van der Waals surface area contributed by atoms with Crippen molar-refractivity contribution in [2.75, 3.05) is 0 Å². The first-order valence-corrected chi connectivity index (χ1v) is 26.9. The summed E-state index contributed by atoms with van der Waals surface area (Å²) < 4.78 is 0. The Morgan fingerprint density at radius 1 is 0.387 bits per heavy atom. The van der Waals surface area contributed by atoms with Crippen LogP contribution in [0, 0.1) is 6.92 Å². The fraction of sp³-hybridized carbons (Fsp3) is 0.120. The van der Waals surface area contributed by atoms with E-state index in [0.717, 1.165) is 19.3 Å². The molecule has 0 fully saturated rings. The summed E-state index contributed by atoms with van der Waals surface area (Å²) in [5, 5.41) is 5.07. The van der Waals surface area contributed by atoms with Crippen LogP contribution in [0.4, 0.5) is 0 Å². The third-order valence-electron chi connectivity index (χ3n) is 17.0. The molecule has 360 valence electrons. The molecule has 2 aliphatic carbocycles. The molecule has 0 heterocycles. The van der Waals surface area contributed by atoms with Gasteiger partial charge >= 0.3 is 0 Å². The second kappa shape index (κ2) is 18.7. The predicted molar refractivity (Wildman–Crippen MR) is 319 cm³/mol. The summed E-state index contributed by atoms with van der Waals surface area (Å²) in [5.74, 6) is 0. The van der Waals surface area contributed by atoms with E-state index in [9.17, 15) is 0 Å². The fourth-order valence-electron chi connectivity index (χ4n) is 12.9. The zero-order valence-electron chi connectivity index (χ0n) is 43.4. The molecule has 0 saturated carbocycles. The second-order valence-corrected chi connectivity index (χ2v) is 21.6. The molecule has 2 aliphatic rings. The Hall–Kier alpha value is -8.58. The lowest BCUT2D eigenvalue weighted by atomic mass is 9.68. The van der Waals surface area contributed by atoms with Crippen molar-refractivity contribution in [3.8, 4) is 55.6 Å². The van der Waals surface area contributed by atoms with Gasteiger partial charge in [0.05, 0.1) is 0 Å². The molecule has 75 heavy (non-hydrogen) atoms. The summed E-state index contributed by atoms with van der Waals surface area (Å²) in [7, 11) is 0. The Labute approximate surface area is 443 Å². The molecule has 11 aromatic rings. The average molecular weight is 961 g/mol. The average Bonchev–Trinajstić information content (AvgIpc) is 3.70. The Balaban J connectivity index is 0.953. The van der Waals surface area contributed by atoms with Gasteiger partial charge in [0.1, 0.15) is 0 Å².